The van der Waals surface area contributed by atoms with Gasteiger partial charge in [-0.3, -0.25) is 4.79 Å². The highest BCUT2D eigenvalue weighted by Crippen LogP contribution is 2.50. The number of aryl methyl sites for hydroxylation is 1. The smallest absolute Gasteiger partial charge is 0.369 e. The lowest BCUT2D eigenvalue weighted by molar-refractivity contribution is -0.376. The molecule has 0 aliphatic carbocycles. The van der Waals surface area contributed by atoms with Gasteiger partial charge in [0.25, 0.3) is 5.60 Å². The quantitative estimate of drug-likeness (QED) is 0.792. The number of aromatic amines is 1. The highest BCUT2D eigenvalue weighted by Gasteiger charge is 2.71. The van der Waals surface area contributed by atoms with Gasteiger partial charge in [0.15, 0.2) is 0 Å². The minimum Gasteiger partial charge on any atom is -0.369 e. The minimum atomic E-state index is -5.95. The fourth-order valence-corrected chi connectivity index (χ4v) is 2.14. The molecule has 1 heterocycles. The maximum Gasteiger partial charge on any atom is 0.430 e. The monoisotopic (exact) mass is 325 g/mol. The first-order valence-electron chi connectivity index (χ1n) is 5.88. The van der Waals surface area contributed by atoms with E-state index in [2.05, 4.69) is 4.98 Å². The van der Waals surface area contributed by atoms with Crippen molar-refractivity contribution >= 4 is 10.9 Å². The normalized spacial score (nSPS) is 13.6. The predicted octanol–water partition coefficient (Wildman–Crippen LogP) is 3.15. The second-order valence-electron chi connectivity index (χ2n) is 4.78. The number of fused-ring (bicyclic) bond motifs is 1. The molecule has 0 aliphatic heterocycles. The van der Waals surface area contributed by atoms with Gasteiger partial charge in [-0.25, -0.2) is 0 Å². The largest absolute Gasteiger partial charge is 0.430 e. The van der Waals surface area contributed by atoms with Crippen LogP contribution in [-0.2, 0) is 5.60 Å². The molecule has 2 aromatic rings. The Hall–Kier alpha value is -2.03. The third-order valence-corrected chi connectivity index (χ3v) is 3.29. The van der Waals surface area contributed by atoms with Crippen molar-refractivity contribution in [2.75, 3.05) is 0 Å². The highest BCUT2D eigenvalue weighted by molar-refractivity contribution is 5.82. The number of nitrogens with one attached hydrogen (secondary N) is 1. The van der Waals surface area contributed by atoms with Crippen LogP contribution in [0.4, 0.5) is 26.3 Å². The third kappa shape index (κ3) is 2.35. The first-order chi connectivity index (χ1) is 9.88. The van der Waals surface area contributed by atoms with Gasteiger partial charge < -0.3 is 10.1 Å². The average Bonchev–Trinajstić information content (AvgIpc) is 2.34. The number of rotatable bonds is 1. The van der Waals surface area contributed by atoms with Crippen LogP contribution in [0, 0.1) is 6.92 Å². The van der Waals surface area contributed by atoms with Gasteiger partial charge in [-0.2, -0.15) is 26.3 Å². The molecule has 0 aliphatic rings. The van der Waals surface area contributed by atoms with E-state index < -0.39 is 29.1 Å². The van der Waals surface area contributed by atoms with Gasteiger partial charge in [-0.05, 0) is 24.6 Å². The number of hydrogen-bond donors (Lipinski definition) is 2. The first kappa shape index (κ1) is 16.3. The van der Waals surface area contributed by atoms with Crippen molar-refractivity contribution in [3.05, 3.63) is 45.7 Å². The number of pyridine rings is 1. The van der Waals surface area contributed by atoms with Crippen LogP contribution in [-0.4, -0.2) is 22.4 Å². The predicted molar refractivity (Wildman–Crippen MR) is 65.3 cm³/mol. The molecule has 0 saturated carbocycles. The molecule has 1 aromatic heterocycles. The lowest BCUT2D eigenvalue weighted by Gasteiger charge is -2.32. The van der Waals surface area contributed by atoms with Crippen molar-refractivity contribution in [1.82, 2.24) is 4.98 Å². The van der Waals surface area contributed by atoms with Crippen molar-refractivity contribution < 1.29 is 31.4 Å². The lowest BCUT2D eigenvalue weighted by atomic mass is 9.90. The molecule has 1 aromatic carbocycles. The van der Waals surface area contributed by atoms with Crippen LogP contribution in [0.15, 0.2) is 29.1 Å². The molecule has 0 saturated heterocycles. The van der Waals surface area contributed by atoms with E-state index in [9.17, 15) is 36.2 Å². The summed E-state index contributed by atoms with van der Waals surface area (Å²) < 4.78 is 76.9. The third-order valence-electron chi connectivity index (χ3n) is 3.29. The average molecular weight is 325 g/mol. The molecule has 0 atom stereocenters. The number of aromatic nitrogens is 1. The molecule has 0 bridgehead atoms. The fraction of sp³-hybridized carbons (Fsp3) is 0.308. The number of benzene rings is 1. The molecule has 2 N–H and O–H groups in total. The number of aliphatic hydroxyl groups is 1. The zero-order valence-corrected chi connectivity index (χ0v) is 10.9. The lowest BCUT2D eigenvalue weighted by Crippen LogP contribution is -2.53. The standard InChI is InChI=1S/C13H9F6NO2/c1-6-4-10(21)20-9-3-2-7(5-8(6)9)11(22,12(14,15)16)13(17,18)19/h2-5,22H,1H3,(H,20,21). The van der Waals surface area contributed by atoms with Gasteiger partial charge in [-0.1, -0.05) is 6.07 Å². The van der Waals surface area contributed by atoms with E-state index in [0.717, 1.165) is 12.1 Å². The van der Waals surface area contributed by atoms with Gasteiger partial charge >= 0.3 is 12.4 Å². The zero-order chi connectivity index (χ0) is 16.9. The molecular weight excluding hydrogens is 316 g/mol. The van der Waals surface area contributed by atoms with Gasteiger partial charge in [-0.15, -0.1) is 0 Å². The van der Waals surface area contributed by atoms with Crippen LogP contribution in [0.2, 0.25) is 0 Å². The summed E-state index contributed by atoms with van der Waals surface area (Å²) in [7, 11) is 0. The van der Waals surface area contributed by atoms with E-state index in [1.807, 2.05) is 0 Å². The Balaban J connectivity index is 2.80. The molecule has 2 rings (SSSR count). The number of H-pyrrole nitrogens is 1. The number of alkyl halides is 6. The topological polar surface area (TPSA) is 53.1 Å². The molecule has 0 fully saturated rings. The summed E-state index contributed by atoms with van der Waals surface area (Å²) in [5.74, 6) is 0. The van der Waals surface area contributed by atoms with E-state index in [1.165, 1.54) is 6.92 Å². The molecule has 9 heteroatoms. The second kappa shape index (κ2) is 4.73. The van der Waals surface area contributed by atoms with Crippen molar-refractivity contribution in [3.8, 4) is 0 Å². The Bertz CT molecular complexity index is 761. The summed E-state index contributed by atoms with van der Waals surface area (Å²) in [6, 6.07) is 2.98. The van der Waals surface area contributed by atoms with Crippen molar-refractivity contribution in [3.63, 3.8) is 0 Å². The Morgan fingerprint density at radius 2 is 1.55 bits per heavy atom. The maximum atomic E-state index is 12.8. The Labute approximate surface area is 119 Å². The number of halogens is 6. The van der Waals surface area contributed by atoms with E-state index in [1.54, 1.807) is 0 Å². The summed E-state index contributed by atoms with van der Waals surface area (Å²) in [5.41, 5.74) is -6.64. The van der Waals surface area contributed by atoms with Gasteiger partial charge in [0, 0.05) is 22.5 Å². The van der Waals surface area contributed by atoms with Crippen molar-refractivity contribution in [2.45, 2.75) is 24.9 Å². The summed E-state index contributed by atoms with van der Waals surface area (Å²) in [5, 5.41) is 9.31. The zero-order valence-electron chi connectivity index (χ0n) is 10.9. The summed E-state index contributed by atoms with van der Waals surface area (Å²) in [6.07, 6.45) is -11.9. The van der Waals surface area contributed by atoms with E-state index in [0.29, 0.717) is 12.1 Å². The Morgan fingerprint density at radius 1 is 1.00 bits per heavy atom. The van der Waals surface area contributed by atoms with Crippen LogP contribution < -0.4 is 5.56 Å². The molecule has 0 radical (unpaired) electrons. The summed E-state index contributed by atoms with van der Waals surface area (Å²) >= 11 is 0. The Morgan fingerprint density at radius 3 is 2.05 bits per heavy atom. The maximum absolute atomic E-state index is 12.8. The van der Waals surface area contributed by atoms with Gasteiger partial charge in [0.1, 0.15) is 0 Å². The molecule has 120 valence electrons. The fourth-order valence-electron chi connectivity index (χ4n) is 2.14. The van der Waals surface area contributed by atoms with Crippen LogP contribution >= 0.6 is 0 Å². The van der Waals surface area contributed by atoms with Crippen LogP contribution in [0.1, 0.15) is 11.1 Å². The second-order valence-corrected chi connectivity index (χ2v) is 4.78. The van der Waals surface area contributed by atoms with Crippen LogP contribution in [0.5, 0.6) is 0 Å². The molecule has 0 spiro atoms. The molecular formula is C13H9F6NO2. The highest BCUT2D eigenvalue weighted by atomic mass is 19.4. The SMILES string of the molecule is Cc1cc(=O)[nH]c2ccc(C(O)(C(F)(F)F)C(F)(F)F)cc12. The van der Waals surface area contributed by atoms with Gasteiger partial charge in [0.2, 0.25) is 5.56 Å². The van der Waals surface area contributed by atoms with E-state index >= 15 is 0 Å². The summed E-state index contributed by atoms with van der Waals surface area (Å²) in [4.78, 5) is 13.5. The van der Waals surface area contributed by atoms with E-state index in [-0.39, 0.29) is 16.5 Å². The number of hydrogen-bond acceptors (Lipinski definition) is 2. The summed E-state index contributed by atoms with van der Waals surface area (Å²) in [6.45, 7) is 1.36. The van der Waals surface area contributed by atoms with E-state index in [4.69, 9.17) is 0 Å². The molecule has 0 amide bonds. The van der Waals surface area contributed by atoms with Crippen LogP contribution in [0.3, 0.4) is 0 Å². The molecule has 0 unspecified atom stereocenters. The first-order valence-corrected chi connectivity index (χ1v) is 5.88. The van der Waals surface area contributed by atoms with Crippen molar-refractivity contribution in [2.24, 2.45) is 0 Å². The van der Waals surface area contributed by atoms with Crippen molar-refractivity contribution in [1.29, 1.82) is 0 Å². The molecule has 22 heavy (non-hydrogen) atoms. The van der Waals surface area contributed by atoms with Gasteiger partial charge in [0.05, 0.1) is 0 Å². The van der Waals surface area contributed by atoms with Crippen LogP contribution in [0.25, 0.3) is 10.9 Å². The molecule has 3 nitrogen and oxygen atoms in total. The Kier molecular flexibility index (Phi) is 3.52. The minimum absolute atomic E-state index is 0.0241.